The van der Waals surface area contributed by atoms with E-state index >= 15 is 0 Å². The zero-order chi connectivity index (χ0) is 13.1. The Labute approximate surface area is 104 Å². The van der Waals surface area contributed by atoms with E-state index in [2.05, 4.69) is 10.3 Å². The molecule has 1 aliphatic heterocycles. The van der Waals surface area contributed by atoms with Crippen LogP contribution in [0.25, 0.3) is 0 Å². The molecule has 18 heavy (non-hydrogen) atoms. The number of aromatic carboxylic acids is 1. The highest BCUT2D eigenvalue weighted by atomic mass is 16.5. The molecule has 1 saturated heterocycles. The lowest BCUT2D eigenvalue weighted by atomic mass is 10.2. The van der Waals surface area contributed by atoms with Crippen molar-refractivity contribution in [2.75, 3.05) is 5.32 Å². The van der Waals surface area contributed by atoms with Gasteiger partial charge in [-0.25, -0.2) is 9.78 Å². The summed E-state index contributed by atoms with van der Waals surface area (Å²) in [6.45, 7) is 1.92. The number of carboxylic acid groups (broad SMARTS) is 1. The largest absolute Gasteiger partial charge is 0.478 e. The molecule has 0 aromatic carbocycles. The number of nitrogens with zero attached hydrogens (tertiary/aromatic N) is 1. The fourth-order valence-corrected chi connectivity index (χ4v) is 1.80. The zero-order valence-corrected chi connectivity index (χ0v) is 9.92. The predicted octanol–water partition coefficient (Wildman–Crippen LogP) is 1.29. The molecule has 0 spiro atoms. The molecule has 2 N–H and O–H groups in total. The van der Waals surface area contributed by atoms with Gasteiger partial charge in [0.1, 0.15) is 11.9 Å². The summed E-state index contributed by atoms with van der Waals surface area (Å²) in [6, 6.07) is 2.85. The number of carbonyl (C=O) groups is 2. The van der Waals surface area contributed by atoms with Crippen LogP contribution >= 0.6 is 0 Å². The number of aromatic nitrogens is 1. The van der Waals surface area contributed by atoms with Crippen molar-refractivity contribution in [3.8, 4) is 0 Å². The Balaban J connectivity index is 1.97. The van der Waals surface area contributed by atoms with Crippen molar-refractivity contribution in [3.05, 3.63) is 23.9 Å². The summed E-state index contributed by atoms with van der Waals surface area (Å²) >= 11 is 0. The monoisotopic (exact) mass is 250 g/mol. The molecule has 1 aromatic heterocycles. The molecule has 96 valence electrons. The first-order valence-electron chi connectivity index (χ1n) is 5.72. The summed E-state index contributed by atoms with van der Waals surface area (Å²) in [7, 11) is 0. The smallest absolute Gasteiger partial charge is 0.337 e. The van der Waals surface area contributed by atoms with E-state index < -0.39 is 12.1 Å². The molecule has 2 heterocycles. The van der Waals surface area contributed by atoms with E-state index in [0.717, 1.165) is 6.42 Å². The van der Waals surface area contributed by atoms with Crippen LogP contribution in [0.3, 0.4) is 0 Å². The molecule has 2 unspecified atom stereocenters. The number of nitrogens with one attached hydrogen (secondary N) is 1. The summed E-state index contributed by atoms with van der Waals surface area (Å²) in [5, 5.41) is 11.3. The Morgan fingerprint density at radius 3 is 2.72 bits per heavy atom. The summed E-state index contributed by atoms with van der Waals surface area (Å²) in [5.41, 5.74) is 0.0822. The maximum absolute atomic E-state index is 11.8. The van der Waals surface area contributed by atoms with Gasteiger partial charge in [0.2, 0.25) is 0 Å². The molecular weight excluding hydrogens is 236 g/mol. The first kappa shape index (κ1) is 12.5. The topological polar surface area (TPSA) is 88.5 Å². The number of hydrogen-bond donors (Lipinski definition) is 2. The van der Waals surface area contributed by atoms with Crippen molar-refractivity contribution in [1.82, 2.24) is 4.98 Å². The van der Waals surface area contributed by atoms with E-state index in [4.69, 9.17) is 9.84 Å². The molecule has 1 fully saturated rings. The molecule has 1 amide bonds. The van der Waals surface area contributed by atoms with Gasteiger partial charge >= 0.3 is 5.97 Å². The average molecular weight is 250 g/mol. The average Bonchev–Trinajstić information content (AvgIpc) is 2.76. The molecular formula is C12H14N2O4. The van der Waals surface area contributed by atoms with Crippen LogP contribution in [0.15, 0.2) is 18.3 Å². The minimum Gasteiger partial charge on any atom is -0.478 e. The molecule has 1 aromatic rings. The van der Waals surface area contributed by atoms with Gasteiger partial charge in [-0.2, -0.15) is 0 Å². The molecule has 2 rings (SSSR count). The van der Waals surface area contributed by atoms with Gasteiger partial charge < -0.3 is 15.2 Å². The van der Waals surface area contributed by atoms with Crippen LogP contribution in [0, 0.1) is 0 Å². The van der Waals surface area contributed by atoms with Crippen LogP contribution in [0.1, 0.15) is 30.1 Å². The van der Waals surface area contributed by atoms with E-state index in [1.807, 2.05) is 6.92 Å². The van der Waals surface area contributed by atoms with Gasteiger partial charge in [0.25, 0.3) is 5.91 Å². The summed E-state index contributed by atoms with van der Waals surface area (Å²) in [4.78, 5) is 26.3. The molecule has 0 radical (unpaired) electrons. The fourth-order valence-electron chi connectivity index (χ4n) is 1.80. The van der Waals surface area contributed by atoms with Gasteiger partial charge in [0, 0.05) is 6.20 Å². The second kappa shape index (κ2) is 5.14. The maximum atomic E-state index is 11.8. The standard InChI is InChI=1S/C12H14N2O4/c1-7-2-4-9(18-7)11(15)14-10-5-3-8(6-13-10)12(16)17/h3,5-7,9H,2,4H2,1H3,(H,16,17)(H,13,14,15). The van der Waals surface area contributed by atoms with Crippen molar-refractivity contribution in [2.24, 2.45) is 0 Å². The number of hydrogen-bond acceptors (Lipinski definition) is 4. The highest BCUT2D eigenvalue weighted by Crippen LogP contribution is 2.20. The second-order valence-electron chi connectivity index (χ2n) is 4.24. The van der Waals surface area contributed by atoms with Crippen LogP contribution in [-0.4, -0.2) is 34.2 Å². The lowest BCUT2D eigenvalue weighted by molar-refractivity contribution is -0.126. The first-order chi connectivity index (χ1) is 8.56. The van der Waals surface area contributed by atoms with Crippen molar-refractivity contribution >= 4 is 17.7 Å². The molecule has 0 bridgehead atoms. The Kier molecular flexibility index (Phi) is 3.57. The number of anilines is 1. The van der Waals surface area contributed by atoms with Gasteiger partial charge in [-0.3, -0.25) is 4.79 Å². The highest BCUT2D eigenvalue weighted by Gasteiger charge is 2.28. The van der Waals surface area contributed by atoms with E-state index in [0.29, 0.717) is 12.2 Å². The number of ether oxygens (including phenoxy) is 1. The second-order valence-corrected chi connectivity index (χ2v) is 4.24. The Bertz CT molecular complexity index is 458. The normalized spacial score (nSPS) is 22.7. The van der Waals surface area contributed by atoms with Gasteiger partial charge in [-0.15, -0.1) is 0 Å². The molecule has 0 aliphatic carbocycles. The minimum absolute atomic E-state index is 0.0822. The lowest BCUT2D eigenvalue weighted by Gasteiger charge is -2.11. The molecule has 1 aliphatic rings. The van der Waals surface area contributed by atoms with Gasteiger partial charge in [-0.1, -0.05) is 0 Å². The fraction of sp³-hybridized carbons (Fsp3) is 0.417. The van der Waals surface area contributed by atoms with E-state index in [-0.39, 0.29) is 17.6 Å². The number of carboxylic acids is 1. The predicted molar refractivity (Wildman–Crippen MR) is 63.4 cm³/mol. The maximum Gasteiger partial charge on any atom is 0.337 e. The molecule has 2 atom stereocenters. The third-order valence-corrected chi connectivity index (χ3v) is 2.79. The van der Waals surface area contributed by atoms with Gasteiger partial charge in [0.05, 0.1) is 11.7 Å². The molecule has 0 saturated carbocycles. The Morgan fingerprint density at radius 1 is 1.44 bits per heavy atom. The lowest BCUT2D eigenvalue weighted by Crippen LogP contribution is -2.28. The van der Waals surface area contributed by atoms with Crippen molar-refractivity contribution in [3.63, 3.8) is 0 Å². The van der Waals surface area contributed by atoms with Crippen LogP contribution in [-0.2, 0) is 9.53 Å². The van der Waals surface area contributed by atoms with Gasteiger partial charge in [-0.05, 0) is 31.9 Å². The zero-order valence-electron chi connectivity index (χ0n) is 9.92. The van der Waals surface area contributed by atoms with E-state index in [9.17, 15) is 9.59 Å². The summed E-state index contributed by atoms with van der Waals surface area (Å²) < 4.78 is 5.42. The number of rotatable bonds is 3. The van der Waals surface area contributed by atoms with Gasteiger partial charge in [0.15, 0.2) is 0 Å². The van der Waals surface area contributed by atoms with Crippen LogP contribution in [0.5, 0.6) is 0 Å². The third-order valence-electron chi connectivity index (χ3n) is 2.79. The third kappa shape index (κ3) is 2.84. The minimum atomic E-state index is -1.05. The van der Waals surface area contributed by atoms with Crippen LogP contribution in [0.2, 0.25) is 0 Å². The summed E-state index contributed by atoms with van der Waals surface area (Å²) in [6.07, 6.45) is 2.42. The Hall–Kier alpha value is -1.95. The van der Waals surface area contributed by atoms with Crippen molar-refractivity contribution < 1.29 is 19.4 Å². The highest BCUT2D eigenvalue weighted by molar-refractivity contribution is 5.94. The number of amides is 1. The van der Waals surface area contributed by atoms with Crippen molar-refractivity contribution in [2.45, 2.75) is 32.0 Å². The number of pyridine rings is 1. The Morgan fingerprint density at radius 2 is 2.22 bits per heavy atom. The number of carbonyl (C=O) groups excluding carboxylic acids is 1. The molecule has 6 nitrogen and oxygen atoms in total. The SMILES string of the molecule is CC1CCC(C(=O)Nc2ccc(C(=O)O)cn2)O1. The van der Waals surface area contributed by atoms with E-state index in [1.54, 1.807) is 0 Å². The van der Waals surface area contributed by atoms with E-state index in [1.165, 1.54) is 18.3 Å². The first-order valence-corrected chi connectivity index (χ1v) is 5.72. The molecule has 6 heteroatoms. The summed E-state index contributed by atoms with van der Waals surface area (Å²) in [5.74, 6) is -0.962. The van der Waals surface area contributed by atoms with Crippen molar-refractivity contribution in [1.29, 1.82) is 0 Å². The van der Waals surface area contributed by atoms with Crippen LogP contribution in [0.4, 0.5) is 5.82 Å². The van der Waals surface area contributed by atoms with Crippen LogP contribution < -0.4 is 5.32 Å². The quantitative estimate of drug-likeness (QED) is 0.843.